The minimum absolute atomic E-state index is 0.622. The van der Waals surface area contributed by atoms with Crippen LogP contribution in [0.2, 0.25) is 0 Å². The lowest BCUT2D eigenvalue weighted by atomic mass is 9.85. The van der Waals surface area contributed by atoms with Crippen LogP contribution in [0.4, 0.5) is 0 Å². The zero-order valence-corrected chi connectivity index (χ0v) is 9.88. The standard InChI is InChI=1S/C12H25NO/c1-10(2)13-7-4-11(3)12-5-8-14-9-6-12/h10-13H,4-9H2,1-3H3. The van der Waals surface area contributed by atoms with E-state index >= 15 is 0 Å². The molecule has 2 heteroatoms. The van der Waals surface area contributed by atoms with Crippen molar-refractivity contribution >= 4 is 0 Å². The number of hydrogen-bond acceptors (Lipinski definition) is 2. The van der Waals surface area contributed by atoms with Crippen LogP contribution in [-0.4, -0.2) is 25.8 Å². The van der Waals surface area contributed by atoms with Crippen LogP contribution < -0.4 is 5.32 Å². The predicted molar refractivity (Wildman–Crippen MR) is 60.5 cm³/mol. The SMILES string of the molecule is CC(C)NCCC(C)C1CCOCC1. The maximum absolute atomic E-state index is 5.38. The topological polar surface area (TPSA) is 21.3 Å². The lowest BCUT2D eigenvalue weighted by Crippen LogP contribution is -2.28. The van der Waals surface area contributed by atoms with Gasteiger partial charge in [0.25, 0.3) is 0 Å². The van der Waals surface area contributed by atoms with Gasteiger partial charge in [-0.1, -0.05) is 20.8 Å². The van der Waals surface area contributed by atoms with E-state index in [4.69, 9.17) is 4.74 Å². The van der Waals surface area contributed by atoms with Crippen LogP contribution in [0.25, 0.3) is 0 Å². The van der Waals surface area contributed by atoms with Gasteiger partial charge in [-0.2, -0.15) is 0 Å². The molecule has 14 heavy (non-hydrogen) atoms. The zero-order valence-electron chi connectivity index (χ0n) is 9.88. The molecule has 0 radical (unpaired) electrons. The molecule has 1 N–H and O–H groups in total. The predicted octanol–water partition coefficient (Wildman–Crippen LogP) is 2.44. The molecule has 0 aliphatic carbocycles. The normalized spacial score (nSPS) is 21.4. The summed E-state index contributed by atoms with van der Waals surface area (Å²) in [5.41, 5.74) is 0. The minimum atomic E-state index is 0.622. The summed E-state index contributed by atoms with van der Waals surface area (Å²) >= 11 is 0. The van der Waals surface area contributed by atoms with Gasteiger partial charge in [0.15, 0.2) is 0 Å². The van der Waals surface area contributed by atoms with Crippen LogP contribution in [0.3, 0.4) is 0 Å². The summed E-state index contributed by atoms with van der Waals surface area (Å²) in [6.07, 6.45) is 3.84. The van der Waals surface area contributed by atoms with Gasteiger partial charge in [-0.05, 0) is 37.6 Å². The van der Waals surface area contributed by atoms with Crippen LogP contribution >= 0.6 is 0 Å². The van der Waals surface area contributed by atoms with E-state index in [0.717, 1.165) is 31.6 Å². The highest BCUT2D eigenvalue weighted by Crippen LogP contribution is 2.25. The first-order valence-electron chi connectivity index (χ1n) is 6.01. The second-order valence-corrected chi connectivity index (χ2v) is 4.82. The number of nitrogens with one attached hydrogen (secondary N) is 1. The molecule has 1 rings (SSSR count). The van der Waals surface area contributed by atoms with Crippen molar-refractivity contribution in [2.45, 2.75) is 46.1 Å². The van der Waals surface area contributed by atoms with E-state index in [0.29, 0.717) is 6.04 Å². The maximum Gasteiger partial charge on any atom is 0.0468 e. The Hall–Kier alpha value is -0.0800. The highest BCUT2D eigenvalue weighted by Gasteiger charge is 2.19. The second-order valence-electron chi connectivity index (χ2n) is 4.82. The van der Waals surface area contributed by atoms with Crippen molar-refractivity contribution in [3.63, 3.8) is 0 Å². The summed E-state index contributed by atoms with van der Waals surface area (Å²) in [6.45, 7) is 9.92. The summed E-state index contributed by atoms with van der Waals surface area (Å²) in [4.78, 5) is 0. The molecular weight excluding hydrogens is 174 g/mol. The highest BCUT2D eigenvalue weighted by molar-refractivity contribution is 4.70. The molecule has 0 bridgehead atoms. The van der Waals surface area contributed by atoms with Crippen molar-refractivity contribution in [1.29, 1.82) is 0 Å². The summed E-state index contributed by atoms with van der Waals surface area (Å²) in [5, 5.41) is 3.48. The average Bonchev–Trinajstić information content (AvgIpc) is 2.18. The maximum atomic E-state index is 5.38. The first-order valence-corrected chi connectivity index (χ1v) is 6.01. The van der Waals surface area contributed by atoms with E-state index in [9.17, 15) is 0 Å². The third kappa shape index (κ3) is 4.43. The first kappa shape index (κ1) is 12.0. The van der Waals surface area contributed by atoms with Crippen molar-refractivity contribution in [2.24, 2.45) is 11.8 Å². The molecule has 1 unspecified atom stereocenters. The van der Waals surface area contributed by atoms with E-state index in [1.165, 1.54) is 19.3 Å². The number of ether oxygens (including phenoxy) is 1. The Morgan fingerprint density at radius 2 is 1.86 bits per heavy atom. The summed E-state index contributed by atoms with van der Waals surface area (Å²) in [6, 6.07) is 0.622. The van der Waals surface area contributed by atoms with Gasteiger partial charge < -0.3 is 10.1 Å². The lowest BCUT2D eigenvalue weighted by molar-refractivity contribution is 0.0481. The van der Waals surface area contributed by atoms with Gasteiger partial charge in [-0.3, -0.25) is 0 Å². The molecule has 0 saturated carbocycles. The third-order valence-electron chi connectivity index (χ3n) is 3.22. The van der Waals surface area contributed by atoms with Crippen molar-refractivity contribution in [3.05, 3.63) is 0 Å². The number of rotatable bonds is 5. The Morgan fingerprint density at radius 1 is 1.21 bits per heavy atom. The molecule has 0 spiro atoms. The second kappa shape index (κ2) is 6.41. The van der Waals surface area contributed by atoms with Crippen LogP contribution in [0, 0.1) is 11.8 Å². The fraction of sp³-hybridized carbons (Fsp3) is 1.00. The molecule has 1 saturated heterocycles. The molecule has 0 aromatic carbocycles. The van der Waals surface area contributed by atoms with Gasteiger partial charge in [0.2, 0.25) is 0 Å². The Bertz CT molecular complexity index is 141. The molecule has 1 atom stereocenters. The summed E-state index contributed by atoms with van der Waals surface area (Å²) < 4.78 is 5.38. The monoisotopic (exact) mass is 199 g/mol. The van der Waals surface area contributed by atoms with Gasteiger partial charge in [0.05, 0.1) is 0 Å². The quantitative estimate of drug-likeness (QED) is 0.734. The molecule has 0 aromatic heterocycles. The first-order chi connectivity index (χ1) is 6.70. The molecule has 2 nitrogen and oxygen atoms in total. The van der Waals surface area contributed by atoms with Gasteiger partial charge in [-0.25, -0.2) is 0 Å². The molecule has 84 valence electrons. The molecule has 0 amide bonds. The molecule has 1 aliphatic rings. The third-order valence-corrected chi connectivity index (χ3v) is 3.22. The van der Waals surface area contributed by atoms with E-state index in [1.54, 1.807) is 0 Å². The van der Waals surface area contributed by atoms with Crippen molar-refractivity contribution < 1.29 is 4.74 Å². The smallest absolute Gasteiger partial charge is 0.0468 e. The van der Waals surface area contributed by atoms with E-state index in [2.05, 4.69) is 26.1 Å². The fourth-order valence-electron chi connectivity index (χ4n) is 2.12. The Labute approximate surface area is 88.4 Å². The van der Waals surface area contributed by atoms with Gasteiger partial charge in [0.1, 0.15) is 0 Å². The summed E-state index contributed by atoms with van der Waals surface area (Å²) in [7, 11) is 0. The molecule has 1 aliphatic heterocycles. The molecule has 0 aromatic rings. The van der Waals surface area contributed by atoms with Crippen molar-refractivity contribution in [1.82, 2.24) is 5.32 Å². The van der Waals surface area contributed by atoms with E-state index < -0.39 is 0 Å². The summed E-state index contributed by atoms with van der Waals surface area (Å²) in [5.74, 6) is 1.75. The van der Waals surface area contributed by atoms with E-state index in [-0.39, 0.29) is 0 Å². The fourth-order valence-corrected chi connectivity index (χ4v) is 2.12. The van der Waals surface area contributed by atoms with Crippen LogP contribution in [-0.2, 0) is 4.74 Å². The Morgan fingerprint density at radius 3 is 2.43 bits per heavy atom. The lowest BCUT2D eigenvalue weighted by Gasteiger charge is -2.28. The van der Waals surface area contributed by atoms with Crippen LogP contribution in [0.15, 0.2) is 0 Å². The van der Waals surface area contributed by atoms with Gasteiger partial charge in [0, 0.05) is 19.3 Å². The average molecular weight is 199 g/mol. The minimum Gasteiger partial charge on any atom is -0.381 e. The zero-order chi connectivity index (χ0) is 10.4. The molecule has 1 fully saturated rings. The Balaban J connectivity index is 2.10. The molecular formula is C12H25NO. The Kier molecular flexibility index (Phi) is 5.49. The van der Waals surface area contributed by atoms with Crippen LogP contribution in [0.1, 0.15) is 40.0 Å². The van der Waals surface area contributed by atoms with E-state index in [1.807, 2.05) is 0 Å². The highest BCUT2D eigenvalue weighted by atomic mass is 16.5. The molecule has 1 heterocycles. The van der Waals surface area contributed by atoms with Crippen molar-refractivity contribution in [2.75, 3.05) is 19.8 Å². The van der Waals surface area contributed by atoms with Gasteiger partial charge >= 0.3 is 0 Å². The van der Waals surface area contributed by atoms with Gasteiger partial charge in [-0.15, -0.1) is 0 Å². The number of hydrogen-bond donors (Lipinski definition) is 1. The van der Waals surface area contributed by atoms with Crippen molar-refractivity contribution in [3.8, 4) is 0 Å². The largest absolute Gasteiger partial charge is 0.381 e. The van der Waals surface area contributed by atoms with Crippen LogP contribution in [0.5, 0.6) is 0 Å².